The Morgan fingerprint density at radius 1 is 1.20 bits per heavy atom. The molecular formula is C12H25NO2. The van der Waals surface area contributed by atoms with Crippen molar-refractivity contribution in [1.82, 2.24) is 5.32 Å². The fraction of sp³-hybridized carbons (Fsp3) is 1.00. The van der Waals surface area contributed by atoms with Crippen LogP contribution in [0.3, 0.4) is 0 Å². The Hall–Kier alpha value is -0.120. The van der Waals surface area contributed by atoms with E-state index in [4.69, 9.17) is 9.47 Å². The predicted molar refractivity (Wildman–Crippen MR) is 62.1 cm³/mol. The Morgan fingerprint density at radius 2 is 1.87 bits per heavy atom. The van der Waals surface area contributed by atoms with E-state index < -0.39 is 0 Å². The van der Waals surface area contributed by atoms with Crippen LogP contribution in [0.25, 0.3) is 0 Å². The van der Waals surface area contributed by atoms with Gasteiger partial charge in [-0.25, -0.2) is 0 Å². The fourth-order valence-corrected chi connectivity index (χ4v) is 1.80. The summed E-state index contributed by atoms with van der Waals surface area (Å²) in [4.78, 5) is 0. The van der Waals surface area contributed by atoms with Crippen LogP contribution in [-0.4, -0.2) is 38.5 Å². The third kappa shape index (κ3) is 6.13. The van der Waals surface area contributed by atoms with E-state index in [0.717, 1.165) is 39.3 Å². The van der Waals surface area contributed by atoms with Gasteiger partial charge in [-0.05, 0) is 25.7 Å². The maximum absolute atomic E-state index is 5.60. The quantitative estimate of drug-likeness (QED) is 0.733. The average molecular weight is 215 g/mol. The molecule has 1 rings (SSSR count). The number of hydrogen-bond donors (Lipinski definition) is 1. The molecule has 0 aromatic heterocycles. The summed E-state index contributed by atoms with van der Waals surface area (Å²) in [5, 5.41) is 3.59. The molecule has 1 atom stereocenters. The number of rotatable bonds is 6. The highest BCUT2D eigenvalue weighted by Crippen LogP contribution is 2.07. The number of ether oxygens (including phenoxy) is 2. The number of hydrogen-bond acceptors (Lipinski definition) is 3. The van der Waals surface area contributed by atoms with Gasteiger partial charge in [0.2, 0.25) is 0 Å². The van der Waals surface area contributed by atoms with E-state index in [-0.39, 0.29) is 0 Å². The molecule has 1 N–H and O–H groups in total. The highest BCUT2D eigenvalue weighted by atomic mass is 16.5. The summed E-state index contributed by atoms with van der Waals surface area (Å²) >= 11 is 0. The van der Waals surface area contributed by atoms with Crippen LogP contribution in [0.2, 0.25) is 0 Å². The van der Waals surface area contributed by atoms with Crippen molar-refractivity contribution in [2.45, 2.75) is 45.7 Å². The normalized spacial score (nSPS) is 20.8. The minimum Gasteiger partial charge on any atom is -0.381 e. The Bertz CT molecular complexity index is 156. The van der Waals surface area contributed by atoms with Gasteiger partial charge in [0.1, 0.15) is 0 Å². The van der Waals surface area contributed by atoms with Gasteiger partial charge in [0, 0.05) is 31.9 Å². The summed E-state index contributed by atoms with van der Waals surface area (Å²) in [5.74, 6) is 0.625. The molecular weight excluding hydrogens is 190 g/mol. The topological polar surface area (TPSA) is 30.5 Å². The van der Waals surface area contributed by atoms with E-state index >= 15 is 0 Å². The molecule has 0 saturated carbocycles. The van der Waals surface area contributed by atoms with Crippen LogP contribution < -0.4 is 5.32 Å². The molecule has 0 amide bonds. The van der Waals surface area contributed by atoms with Crippen molar-refractivity contribution in [3.8, 4) is 0 Å². The molecule has 0 spiro atoms. The summed E-state index contributed by atoms with van der Waals surface area (Å²) in [6, 6.07) is 1.07. The zero-order valence-electron chi connectivity index (χ0n) is 10.3. The molecule has 3 nitrogen and oxygen atoms in total. The molecule has 1 aliphatic heterocycles. The van der Waals surface area contributed by atoms with Crippen LogP contribution >= 0.6 is 0 Å². The molecule has 3 heteroatoms. The largest absolute Gasteiger partial charge is 0.381 e. The maximum Gasteiger partial charge on any atom is 0.0617 e. The Balaban J connectivity index is 2.03. The van der Waals surface area contributed by atoms with Gasteiger partial charge in [0.15, 0.2) is 0 Å². The second-order valence-corrected chi connectivity index (χ2v) is 4.89. The lowest BCUT2D eigenvalue weighted by Gasteiger charge is -2.26. The third-order valence-corrected chi connectivity index (χ3v) is 2.56. The second-order valence-electron chi connectivity index (χ2n) is 4.89. The molecule has 0 aromatic rings. The van der Waals surface area contributed by atoms with Gasteiger partial charge >= 0.3 is 0 Å². The molecule has 1 fully saturated rings. The van der Waals surface area contributed by atoms with Crippen LogP contribution in [0.4, 0.5) is 0 Å². The van der Waals surface area contributed by atoms with Crippen molar-refractivity contribution < 1.29 is 9.47 Å². The van der Waals surface area contributed by atoms with Crippen LogP contribution in [0.15, 0.2) is 0 Å². The lowest BCUT2D eigenvalue weighted by molar-refractivity contribution is 0.0602. The van der Waals surface area contributed by atoms with Crippen molar-refractivity contribution in [3.63, 3.8) is 0 Å². The first-order valence-electron chi connectivity index (χ1n) is 6.10. The molecule has 1 aliphatic rings. The Labute approximate surface area is 93.5 Å². The first-order chi connectivity index (χ1) is 7.18. The van der Waals surface area contributed by atoms with Gasteiger partial charge in [-0.3, -0.25) is 0 Å². The van der Waals surface area contributed by atoms with E-state index in [2.05, 4.69) is 26.1 Å². The van der Waals surface area contributed by atoms with Gasteiger partial charge in [-0.1, -0.05) is 13.8 Å². The van der Waals surface area contributed by atoms with Crippen molar-refractivity contribution >= 4 is 0 Å². The van der Waals surface area contributed by atoms with Crippen molar-refractivity contribution in [2.24, 2.45) is 5.92 Å². The molecule has 90 valence electrons. The van der Waals surface area contributed by atoms with E-state index in [1.165, 1.54) is 0 Å². The standard InChI is InChI=1S/C12H25NO2/c1-10(2)8-15-9-11(3)13-12-4-6-14-7-5-12/h10-13H,4-9H2,1-3H3. The summed E-state index contributed by atoms with van der Waals surface area (Å²) in [7, 11) is 0. The molecule has 0 aromatic carbocycles. The summed E-state index contributed by atoms with van der Waals surface area (Å²) in [6.07, 6.45) is 2.27. The van der Waals surface area contributed by atoms with Gasteiger partial charge in [-0.15, -0.1) is 0 Å². The van der Waals surface area contributed by atoms with Gasteiger partial charge in [0.25, 0.3) is 0 Å². The van der Waals surface area contributed by atoms with Crippen LogP contribution in [-0.2, 0) is 9.47 Å². The molecule has 1 saturated heterocycles. The minimum absolute atomic E-state index is 0.451. The summed E-state index contributed by atoms with van der Waals surface area (Å²) in [5.41, 5.74) is 0. The average Bonchev–Trinajstić information content (AvgIpc) is 2.18. The van der Waals surface area contributed by atoms with E-state index in [9.17, 15) is 0 Å². The monoisotopic (exact) mass is 215 g/mol. The van der Waals surface area contributed by atoms with Crippen molar-refractivity contribution in [3.05, 3.63) is 0 Å². The molecule has 0 aliphatic carbocycles. The molecule has 1 heterocycles. The predicted octanol–water partition coefficient (Wildman–Crippen LogP) is 1.82. The van der Waals surface area contributed by atoms with E-state index in [1.54, 1.807) is 0 Å². The fourth-order valence-electron chi connectivity index (χ4n) is 1.80. The Kier molecular flexibility index (Phi) is 6.22. The highest BCUT2D eigenvalue weighted by molar-refractivity contribution is 4.73. The maximum atomic E-state index is 5.60. The van der Waals surface area contributed by atoms with Crippen molar-refractivity contribution in [1.29, 1.82) is 0 Å². The van der Waals surface area contributed by atoms with Crippen molar-refractivity contribution in [2.75, 3.05) is 26.4 Å². The summed E-state index contributed by atoms with van der Waals surface area (Å²) in [6.45, 7) is 10.0. The van der Waals surface area contributed by atoms with Crippen LogP contribution in [0.5, 0.6) is 0 Å². The van der Waals surface area contributed by atoms with Crippen LogP contribution in [0, 0.1) is 5.92 Å². The summed E-state index contributed by atoms with van der Waals surface area (Å²) < 4.78 is 10.9. The van der Waals surface area contributed by atoms with Gasteiger partial charge in [0.05, 0.1) is 6.61 Å². The lowest BCUT2D eigenvalue weighted by Crippen LogP contribution is -2.42. The molecule has 1 unspecified atom stereocenters. The van der Waals surface area contributed by atoms with E-state index in [0.29, 0.717) is 18.0 Å². The molecule has 0 bridgehead atoms. The first-order valence-corrected chi connectivity index (χ1v) is 6.10. The van der Waals surface area contributed by atoms with Gasteiger partial charge in [-0.2, -0.15) is 0 Å². The second kappa shape index (κ2) is 7.20. The molecule has 0 radical (unpaired) electrons. The third-order valence-electron chi connectivity index (χ3n) is 2.56. The molecule has 15 heavy (non-hydrogen) atoms. The zero-order chi connectivity index (χ0) is 11.1. The SMILES string of the molecule is CC(C)COCC(C)NC1CCOCC1. The zero-order valence-corrected chi connectivity index (χ0v) is 10.3. The van der Waals surface area contributed by atoms with Crippen LogP contribution in [0.1, 0.15) is 33.6 Å². The highest BCUT2D eigenvalue weighted by Gasteiger charge is 2.15. The number of nitrogens with one attached hydrogen (secondary N) is 1. The lowest BCUT2D eigenvalue weighted by atomic mass is 10.1. The Morgan fingerprint density at radius 3 is 2.47 bits per heavy atom. The van der Waals surface area contributed by atoms with E-state index in [1.807, 2.05) is 0 Å². The first kappa shape index (κ1) is 12.9. The smallest absolute Gasteiger partial charge is 0.0617 e. The van der Waals surface area contributed by atoms with Gasteiger partial charge < -0.3 is 14.8 Å². The minimum atomic E-state index is 0.451.